The molecule has 0 bridgehead atoms. The van der Waals surface area contributed by atoms with Crippen LogP contribution in [0, 0.1) is 0 Å². The van der Waals surface area contributed by atoms with Crippen LogP contribution in [0.2, 0.25) is 0 Å². The van der Waals surface area contributed by atoms with Crippen molar-refractivity contribution in [1.82, 2.24) is 0 Å². The largest absolute Gasteiger partial charge is 0.0958 e. The van der Waals surface area contributed by atoms with Crippen LogP contribution in [0.3, 0.4) is 0 Å². The first-order valence-electron chi connectivity index (χ1n) is 5.65. The molecular formula is C13H26. The molecule has 0 amide bonds. The Hall–Kier alpha value is -0.520. The lowest BCUT2D eigenvalue weighted by Crippen LogP contribution is -1.77. The molecule has 0 atom stereocenters. The molecule has 0 saturated carbocycles. The van der Waals surface area contributed by atoms with Crippen molar-refractivity contribution in [1.29, 1.82) is 0 Å². The maximum Gasteiger partial charge on any atom is -0.0285 e. The van der Waals surface area contributed by atoms with Crippen molar-refractivity contribution in [2.24, 2.45) is 0 Å². The van der Waals surface area contributed by atoms with Gasteiger partial charge < -0.3 is 0 Å². The van der Waals surface area contributed by atoms with Crippen molar-refractivity contribution >= 4 is 0 Å². The van der Waals surface area contributed by atoms with Crippen molar-refractivity contribution in [3.8, 4) is 0 Å². The average Bonchev–Trinajstić information content (AvgIpc) is 2.18. The maximum atomic E-state index is 3.98. The summed E-state index contributed by atoms with van der Waals surface area (Å²) >= 11 is 0. The Labute approximate surface area is 84.7 Å². The van der Waals surface area contributed by atoms with Crippen LogP contribution < -0.4 is 0 Å². The first-order chi connectivity index (χ1) is 6.31. The lowest BCUT2D eigenvalue weighted by atomic mass is 10.1. The zero-order chi connectivity index (χ0) is 10.5. The van der Waals surface area contributed by atoms with Gasteiger partial charge in [-0.05, 0) is 19.3 Å². The van der Waals surface area contributed by atoms with Crippen LogP contribution in [0.15, 0.2) is 24.3 Å². The Morgan fingerprint density at radius 3 is 2.23 bits per heavy atom. The number of allylic oxidation sites excluding steroid dienone is 3. The van der Waals surface area contributed by atoms with Crippen LogP contribution >= 0.6 is 0 Å². The van der Waals surface area contributed by atoms with Crippen LogP contribution in [0.5, 0.6) is 0 Å². The Morgan fingerprint density at radius 2 is 1.77 bits per heavy atom. The molecule has 0 fully saturated rings. The van der Waals surface area contributed by atoms with Crippen LogP contribution in [-0.4, -0.2) is 0 Å². The van der Waals surface area contributed by atoms with Gasteiger partial charge >= 0.3 is 0 Å². The molecule has 0 aromatic rings. The molecule has 0 heterocycles. The van der Waals surface area contributed by atoms with Crippen molar-refractivity contribution in [3.05, 3.63) is 24.3 Å². The van der Waals surface area contributed by atoms with E-state index in [1.54, 1.807) is 0 Å². The molecular weight excluding hydrogens is 156 g/mol. The lowest BCUT2D eigenvalue weighted by molar-refractivity contribution is 0.720. The highest BCUT2D eigenvalue weighted by Gasteiger charge is 1.88. The van der Waals surface area contributed by atoms with Crippen molar-refractivity contribution in [2.75, 3.05) is 0 Å². The van der Waals surface area contributed by atoms with Gasteiger partial charge in [-0.25, -0.2) is 0 Å². The molecule has 0 spiro atoms. The van der Waals surface area contributed by atoms with E-state index in [0.717, 1.165) is 6.42 Å². The summed E-state index contributed by atoms with van der Waals surface area (Å²) in [6.45, 7) is 12.4. The van der Waals surface area contributed by atoms with Crippen molar-refractivity contribution in [2.45, 2.75) is 59.8 Å². The molecule has 0 saturated heterocycles. The molecule has 78 valence electrons. The van der Waals surface area contributed by atoms with Crippen molar-refractivity contribution < 1.29 is 0 Å². The first-order valence-corrected chi connectivity index (χ1v) is 5.65. The van der Waals surface area contributed by atoms with Crippen molar-refractivity contribution in [3.63, 3.8) is 0 Å². The van der Waals surface area contributed by atoms with Crippen LogP contribution in [0.1, 0.15) is 59.8 Å². The van der Waals surface area contributed by atoms with Crippen LogP contribution in [0.25, 0.3) is 0 Å². The van der Waals surface area contributed by atoms with Gasteiger partial charge in [0, 0.05) is 0 Å². The van der Waals surface area contributed by atoms with Gasteiger partial charge in [-0.1, -0.05) is 64.8 Å². The summed E-state index contributed by atoms with van der Waals surface area (Å²) in [4.78, 5) is 0. The zero-order valence-electron chi connectivity index (χ0n) is 9.90. The van der Waals surface area contributed by atoms with E-state index in [-0.39, 0.29) is 0 Å². The zero-order valence-corrected chi connectivity index (χ0v) is 9.90. The lowest BCUT2D eigenvalue weighted by Gasteiger charge is -1.97. The summed E-state index contributed by atoms with van der Waals surface area (Å²) in [5.41, 5.74) is 1.28. The standard InChI is InChI=1S/C11H20.C2H6/c1-4-6-8-10-11(3)9-7-5-2;1-2/h7,9H,3-6,8,10H2,1-2H3;1-2H3/b9-7-;. The van der Waals surface area contributed by atoms with Gasteiger partial charge in [0.05, 0.1) is 0 Å². The molecule has 0 radical (unpaired) electrons. The van der Waals surface area contributed by atoms with E-state index in [1.807, 2.05) is 13.8 Å². The molecule has 0 rings (SSSR count). The maximum absolute atomic E-state index is 3.98. The highest BCUT2D eigenvalue weighted by molar-refractivity contribution is 5.13. The second kappa shape index (κ2) is 14.0. The molecule has 0 N–H and O–H groups in total. The molecule has 0 heteroatoms. The Balaban J connectivity index is 0. The molecule has 0 aromatic heterocycles. The average molecular weight is 182 g/mol. The third kappa shape index (κ3) is 14.3. The quantitative estimate of drug-likeness (QED) is 0.395. The fourth-order valence-corrected chi connectivity index (χ4v) is 0.970. The summed E-state index contributed by atoms with van der Waals surface area (Å²) in [6.07, 6.45) is 10.5. The molecule has 13 heavy (non-hydrogen) atoms. The fraction of sp³-hybridized carbons (Fsp3) is 0.692. The topological polar surface area (TPSA) is 0 Å². The second-order valence-corrected chi connectivity index (χ2v) is 2.93. The summed E-state index contributed by atoms with van der Waals surface area (Å²) in [5.74, 6) is 0. The molecule has 0 nitrogen and oxygen atoms in total. The first kappa shape index (κ1) is 15.0. The Morgan fingerprint density at radius 1 is 1.15 bits per heavy atom. The van der Waals surface area contributed by atoms with E-state index in [9.17, 15) is 0 Å². The predicted octanol–water partition coefficient (Wildman–Crippen LogP) is 5.12. The van der Waals surface area contributed by atoms with Gasteiger partial charge in [-0.2, -0.15) is 0 Å². The van der Waals surface area contributed by atoms with Gasteiger partial charge in [-0.15, -0.1) is 0 Å². The minimum absolute atomic E-state index is 1.12. The van der Waals surface area contributed by atoms with E-state index >= 15 is 0 Å². The van der Waals surface area contributed by atoms with Gasteiger partial charge in [0.15, 0.2) is 0 Å². The molecule has 0 aromatic carbocycles. The van der Waals surface area contributed by atoms with E-state index in [1.165, 1.54) is 31.3 Å². The Bertz CT molecular complexity index is 120. The van der Waals surface area contributed by atoms with E-state index in [2.05, 4.69) is 32.6 Å². The Kier molecular flexibility index (Phi) is 16.2. The number of hydrogen-bond donors (Lipinski definition) is 0. The minimum atomic E-state index is 1.12. The summed E-state index contributed by atoms with van der Waals surface area (Å²) in [6, 6.07) is 0. The van der Waals surface area contributed by atoms with E-state index in [4.69, 9.17) is 0 Å². The van der Waals surface area contributed by atoms with E-state index < -0.39 is 0 Å². The summed E-state index contributed by atoms with van der Waals surface area (Å²) in [7, 11) is 0. The number of hydrogen-bond acceptors (Lipinski definition) is 0. The molecule has 0 unspecified atom stereocenters. The van der Waals surface area contributed by atoms with Gasteiger partial charge in [-0.3, -0.25) is 0 Å². The van der Waals surface area contributed by atoms with Gasteiger partial charge in [0.2, 0.25) is 0 Å². The molecule has 0 aliphatic carbocycles. The van der Waals surface area contributed by atoms with Crippen LogP contribution in [-0.2, 0) is 0 Å². The monoisotopic (exact) mass is 182 g/mol. The van der Waals surface area contributed by atoms with E-state index in [0.29, 0.717) is 0 Å². The fourth-order valence-electron chi connectivity index (χ4n) is 0.970. The summed E-state index contributed by atoms with van der Waals surface area (Å²) < 4.78 is 0. The smallest absolute Gasteiger partial charge is 0.0285 e. The normalized spacial score (nSPS) is 9.54. The molecule has 0 aliphatic heterocycles. The number of rotatable bonds is 6. The van der Waals surface area contributed by atoms with Gasteiger partial charge in [0.25, 0.3) is 0 Å². The summed E-state index contributed by atoms with van der Waals surface area (Å²) in [5, 5.41) is 0. The van der Waals surface area contributed by atoms with Gasteiger partial charge in [0.1, 0.15) is 0 Å². The predicted molar refractivity (Wildman–Crippen MR) is 64.1 cm³/mol. The SMILES string of the molecule is C=C(/C=C\CC)CCCCC.CC. The highest BCUT2D eigenvalue weighted by Crippen LogP contribution is 2.07. The second-order valence-electron chi connectivity index (χ2n) is 2.93. The number of unbranched alkanes of at least 4 members (excludes halogenated alkanes) is 2. The molecule has 0 aliphatic rings. The highest BCUT2D eigenvalue weighted by atomic mass is 13.9. The third-order valence-electron chi connectivity index (χ3n) is 1.69. The third-order valence-corrected chi connectivity index (χ3v) is 1.69. The van der Waals surface area contributed by atoms with Crippen LogP contribution in [0.4, 0.5) is 0 Å². The minimum Gasteiger partial charge on any atom is -0.0958 e.